The number of nitrogens with one attached hydrogen (secondary N) is 1. The molecule has 1 aromatic carbocycles. The van der Waals surface area contributed by atoms with Gasteiger partial charge in [0, 0.05) is 11.7 Å². The van der Waals surface area contributed by atoms with Gasteiger partial charge in [0.05, 0.1) is 12.2 Å². The van der Waals surface area contributed by atoms with Gasteiger partial charge in [-0.3, -0.25) is 9.69 Å². The van der Waals surface area contributed by atoms with Crippen LogP contribution in [0.3, 0.4) is 0 Å². The van der Waals surface area contributed by atoms with Crippen molar-refractivity contribution in [3.63, 3.8) is 0 Å². The van der Waals surface area contributed by atoms with E-state index in [9.17, 15) is 9.18 Å². The van der Waals surface area contributed by atoms with Crippen LogP contribution < -0.4 is 11.1 Å². The van der Waals surface area contributed by atoms with E-state index in [0.717, 1.165) is 12.8 Å². The molecule has 1 amide bonds. The Labute approximate surface area is 112 Å². The Morgan fingerprint density at radius 3 is 2.84 bits per heavy atom. The minimum Gasteiger partial charge on any atom is -0.399 e. The first-order valence-electron chi connectivity index (χ1n) is 6.61. The van der Waals surface area contributed by atoms with Gasteiger partial charge in [0.25, 0.3) is 0 Å². The molecular weight excluding hydrogens is 245 g/mol. The number of anilines is 2. The Balaban J connectivity index is 1.91. The van der Waals surface area contributed by atoms with E-state index < -0.39 is 5.82 Å². The van der Waals surface area contributed by atoms with Gasteiger partial charge in [-0.1, -0.05) is 12.8 Å². The number of amides is 1. The summed E-state index contributed by atoms with van der Waals surface area (Å²) in [6, 6.07) is 4.63. The fraction of sp³-hybridized carbons (Fsp3) is 0.500. The molecule has 0 radical (unpaired) electrons. The maximum Gasteiger partial charge on any atom is 0.238 e. The van der Waals surface area contributed by atoms with Crippen LogP contribution in [0.25, 0.3) is 0 Å². The predicted octanol–water partition coefficient (Wildman–Crippen LogP) is 2.22. The number of hydrogen-bond acceptors (Lipinski definition) is 3. The zero-order valence-electron chi connectivity index (χ0n) is 11.2. The molecule has 0 aromatic heterocycles. The van der Waals surface area contributed by atoms with Crippen LogP contribution in [0.4, 0.5) is 15.8 Å². The van der Waals surface area contributed by atoms with E-state index >= 15 is 0 Å². The van der Waals surface area contributed by atoms with E-state index in [-0.39, 0.29) is 18.1 Å². The van der Waals surface area contributed by atoms with Crippen molar-refractivity contribution in [3.05, 3.63) is 24.0 Å². The summed E-state index contributed by atoms with van der Waals surface area (Å²) >= 11 is 0. The Hall–Kier alpha value is -1.62. The summed E-state index contributed by atoms with van der Waals surface area (Å²) in [5.41, 5.74) is 6.15. The Bertz CT molecular complexity index is 458. The number of nitrogens with zero attached hydrogens (tertiary/aromatic N) is 1. The molecule has 2 rings (SSSR count). The molecule has 0 aliphatic heterocycles. The summed E-state index contributed by atoms with van der Waals surface area (Å²) in [7, 11) is 1.94. The van der Waals surface area contributed by atoms with Gasteiger partial charge in [0.1, 0.15) is 5.82 Å². The van der Waals surface area contributed by atoms with Gasteiger partial charge in [-0.2, -0.15) is 0 Å². The lowest BCUT2D eigenvalue weighted by Crippen LogP contribution is -2.36. The topological polar surface area (TPSA) is 58.4 Å². The molecule has 104 valence electrons. The van der Waals surface area contributed by atoms with E-state index in [1.54, 1.807) is 0 Å². The number of carbonyl (C=O) groups is 1. The predicted molar refractivity (Wildman–Crippen MR) is 74.3 cm³/mol. The van der Waals surface area contributed by atoms with Gasteiger partial charge in [-0.15, -0.1) is 0 Å². The van der Waals surface area contributed by atoms with Gasteiger partial charge >= 0.3 is 0 Å². The SMILES string of the molecule is CN(CC(=O)Nc1cc(N)ccc1F)C1CCCC1. The highest BCUT2D eigenvalue weighted by Gasteiger charge is 2.21. The van der Waals surface area contributed by atoms with Crippen molar-refractivity contribution in [2.45, 2.75) is 31.7 Å². The molecule has 4 nitrogen and oxygen atoms in total. The van der Waals surface area contributed by atoms with Crippen LogP contribution in [-0.4, -0.2) is 30.4 Å². The zero-order chi connectivity index (χ0) is 13.8. The van der Waals surface area contributed by atoms with Crippen LogP contribution in [0, 0.1) is 5.82 Å². The molecular formula is C14H20FN3O. The third-order valence-electron chi connectivity index (χ3n) is 3.61. The Kier molecular flexibility index (Phi) is 4.37. The second-order valence-corrected chi connectivity index (χ2v) is 5.14. The summed E-state index contributed by atoms with van der Waals surface area (Å²) < 4.78 is 13.5. The average Bonchev–Trinajstić information content (AvgIpc) is 2.87. The Morgan fingerprint density at radius 1 is 1.47 bits per heavy atom. The fourth-order valence-corrected chi connectivity index (χ4v) is 2.53. The van der Waals surface area contributed by atoms with Gasteiger partial charge in [-0.05, 0) is 38.1 Å². The van der Waals surface area contributed by atoms with Gasteiger partial charge in [0.2, 0.25) is 5.91 Å². The number of carbonyl (C=O) groups excluding carboxylic acids is 1. The molecule has 19 heavy (non-hydrogen) atoms. The second-order valence-electron chi connectivity index (χ2n) is 5.14. The van der Waals surface area contributed by atoms with Crippen LogP contribution in [0.2, 0.25) is 0 Å². The molecule has 0 saturated heterocycles. The maximum atomic E-state index is 13.5. The monoisotopic (exact) mass is 265 g/mol. The average molecular weight is 265 g/mol. The van der Waals surface area contributed by atoms with Crippen molar-refractivity contribution in [3.8, 4) is 0 Å². The molecule has 1 aliphatic carbocycles. The standard InChI is InChI=1S/C14H20FN3O/c1-18(11-4-2-3-5-11)9-14(19)17-13-8-10(16)6-7-12(13)15/h6-8,11H,2-5,9,16H2,1H3,(H,17,19). The van der Waals surface area contributed by atoms with Crippen LogP contribution in [0.15, 0.2) is 18.2 Å². The van der Waals surface area contributed by atoms with Crippen molar-refractivity contribution in [2.24, 2.45) is 0 Å². The number of nitrogen functional groups attached to an aromatic ring is 1. The molecule has 5 heteroatoms. The highest BCUT2D eigenvalue weighted by Crippen LogP contribution is 2.22. The second kappa shape index (κ2) is 6.02. The summed E-state index contributed by atoms with van der Waals surface area (Å²) in [5.74, 6) is -0.676. The minimum absolute atomic E-state index is 0.143. The number of benzene rings is 1. The molecule has 0 atom stereocenters. The van der Waals surface area contributed by atoms with Crippen molar-refractivity contribution in [1.29, 1.82) is 0 Å². The van der Waals surface area contributed by atoms with Gasteiger partial charge < -0.3 is 11.1 Å². The zero-order valence-corrected chi connectivity index (χ0v) is 11.2. The summed E-state index contributed by atoms with van der Waals surface area (Å²) in [4.78, 5) is 13.9. The highest BCUT2D eigenvalue weighted by molar-refractivity contribution is 5.92. The number of rotatable bonds is 4. The van der Waals surface area contributed by atoms with E-state index in [1.807, 2.05) is 11.9 Å². The third-order valence-corrected chi connectivity index (χ3v) is 3.61. The third kappa shape index (κ3) is 3.67. The molecule has 0 bridgehead atoms. The fourth-order valence-electron chi connectivity index (χ4n) is 2.53. The van der Waals surface area contributed by atoms with E-state index in [0.29, 0.717) is 11.7 Å². The molecule has 0 heterocycles. The highest BCUT2D eigenvalue weighted by atomic mass is 19.1. The normalized spacial score (nSPS) is 15.9. The number of hydrogen-bond donors (Lipinski definition) is 2. The van der Waals surface area contributed by atoms with Crippen molar-refractivity contribution in [2.75, 3.05) is 24.6 Å². The Morgan fingerprint density at radius 2 is 2.16 bits per heavy atom. The van der Waals surface area contributed by atoms with E-state index in [2.05, 4.69) is 5.32 Å². The lowest BCUT2D eigenvalue weighted by atomic mass is 10.2. The quantitative estimate of drug-likeness (QED) is 0.821. The summed E-state index contributed by atoms with van der Waals surface area (Å²) in [5, 5.41) is 2.57. The first-order valence-corrected chi connectivity index (χ1v) is 6.61. The number of halogens is 1. The van der Waals surface area contributed by atoms with Gasteiger partial charge in [-0.25, -0.2) is 4.39 Å². The minimum atomic E-state index is -0.467. The summed E-state index contributed by atoms with van der Waals surface area (Å²) in [6.07, 6.45) is 4.72. The summed E-state index contributed by atoms with van der Waals surface area (Å²) in [6.45, 7) is 0.277. The molecule has 1 saturated carbocycles. The molecule has 1 fully saturated rings. The lowest BCUT2D eigenvalue weighted by Gasteiger charge is -2.23. The largest absolute Gasteiger partial charge is 0.399 e. The first-order chi connectivity index (χ1) is 9.06. The first kappa shape index (κ1) is 13.8. The van der Waals surface area contributed by atoms with Crippen molar-refractivity contribution >= 4 is 17.3 Å². The molecule has 0 unspecified atom stereocenters. The maximum absolute atomic E-state index is 13.5. The molecule has 0 spiro atoms. The van der Waals surface area contributed by atoms with E-state index in [1.165, 1.54) is 31.0 Å². The van der Waals surface area contributed by atoms with Crippen LogP contribution in [-0.2, 0) is 4.79 Å². The number of likely N-dealkylation sites (N-methyl/N-ethyl adjacent to an activating group) is 1. The molecule has 1 aromatic rings. The van der Waals surface area contributed by atoms with E-state index in [4.69, 9.17) is 5.73 Å². The van der Waals surface area contributed by atoms with Crippen molar-refractivity contribution in [1.82, 2.24) is 4.90 Å². The van der Waals surface area contributed by atoms with Crippen LogP contribution >= 0.6 is 0 Å². The van der Waals surface area contributed by atoms with Crippen LogP contribution in [0.5, 0.6) is 0 Å². The van der Waals surface area contributed by atoms with Gasteiger partial charge in [0.15, 0.2) is 0 Å². The molecule has 1 aliphatic rings. The molecule has 3 N–H and O–H groups in total. The lowest BCUT2D eigenvalue weighted by molar-refractivity contribution is -0.117. The van der Waals surface area contributed by atoms with Crippen LogP contribution in [0.1, 0.15) is 25.7 Å². The van der Waals surface area contributed by atoms with Crippen molar-refractivity contribution < 1.29 is 9.18 Å². The smallest absolute Gasteiger partial charge is 0.238 e. The number of nitrogens with two attached hydrogens (primary N) is 1.